The van der Waals surface area contributed by atoms with Crippen LogP contribution in [0.4, 0.5) is 5.69 Å². The number of rotatable bonds is 8. The summed E-state index contributed by atoms with van der Waals surface area (Å²) in [6, 6.07) is 10.3. The molecule has 168 valence electrons. The maximum Gasteiger partial charge on any atom is 0.244 e. The van der Waals surface area contributed by atoms with Crippen molar-refractivity contribution in [1.82, 2.24) is 10.2 Å². The SMILES string of the molecule is CNC(=O)[C@H](C)N(Cc1cccc(Cl)c1)C(=O)CN(c1ccc(Cl)cc1Cl)S(C)(=O)=O. The molecule has 0 radical (unpaired) electrons. The number of hydrogen-bond acceptors (Lipinski definition) is 4. The van der Waals surface area contributed by atoms with E-state index in [0.717, 1.165) is 10.6 Å². The first kappa shape index (κ1) is 25.3. The standard InChI is InChI=1S/C20H22Cl3N3O4S/c1-13(20(28)24-2)25(11-14-5-4-6-15(21)9-14)19(27)12-26(31(3,29)30)18-8-7-16(22)10-17(18)23/h4-10,13H,11-12H2,1-3H3,(H,24,28)/t13-/m0/s1. The summed E-state index contributed by atoms with van der Waals surface area (Å²) in [5.41, 5.74) is 0.796. The predicted octanol–water partition coefficient (Wildman–Crippen LogP) is 3.58. The second kappa shape index (κ2) is 10.5. The fraction of sp³-hybridized carbons (Fsp3) is 0.300. The molecule has 0 saturated heterocycles. The first-order chi connectivity index (χ1) is 14.4. The van der Waals surface area contributed by atoms with Crippen molar-refractivity contribution in [3.63, 3.8) is 0 Å². The zero-order chi connectivity index (χ0) is 23.3. The molecule has 2 rings (SSSR count). The van der Waals surface area contributed by atoms with Gasteiger partial charge in [0, 0.05) is 23.6 Å². The number of likely N-dealkylation sites (N-methyl/N-ethyl adjacent to an activating group) is 1. The quantitative estimate of drug-likeness (QED) is 0.593. The molecular formula is C20H22Cl3N3O4S. The molecule has 0 aliphatic heterocycles. The van der Waals surface area contributed by atoms with Crippen LogP contribution >= 0.6 is 34.8 Å². The van der Waals surface area contributed by atoms with Gasteiger partial charge in [-0.1, -0.05) is 46.9 Å². The number of hydrogen-bond donors (Lipinski definition) is 1. The summed E-state index contributed by atoms with van der Waals surface area (Å²) in [5.74, 6) is -0.988. The van der Waals surface area contributed by atoms with Gasteiger partial charge >= 0.3 is 0 Å². The van der Waals surface area contributed by atoms with E-state index in [1.807, 2.05) is 0 Å². The number of nitrogens with zero attached hydrogens (tertiary/aromatic N) is 2. The lowest BCUT2D eigenvalue weighted by Crippen LogP contribution is -2.50. The van der Waals surface area contributed by atoms with Crippen LogP contribution in [0, 0.1) is 0 Å². The van der Waals surface area contributed by atoms with Gasteiger partial charge in [-0.15, -0.1) is 0 Å². The third-order valence-corrected chi connectivity index (χ3v) is 6.41. The molecule has 0 fully saturated rings. The molecule has 7 nitrogen and oxygen atoms in total. The van der Waals surface area contributed by atoms with Crippen molar-refractivity contribution >= 4 is 62.3 Å². The van der Waals surface area contributed by atoms with Crippen molar-refractivity contribution in [2.24, 2.45) is 0 Å². The van der Waals surface area contributed by atoms with Gasteiger partial charge in [0.25, 0.3) is 0 Å². The minimum Gasteiger partial charge on any atom is -0.357 e. The van der Waals surface area contributed by atoms with E-state index in [4.69, 9.17) is 34.8 Å². The number of sulfonamides is 1. The second-order valence-corrected chi connectivity index (χ2v) is 9.99. The van der Waals surface area contributed by atoms with Crippen LogP contribution in [0.5, 0.6) is 0 Å². The molecule has 0 aliphatic carbocycles. The number of carbonyl (C=O) groups excluding carboxylic acids is 2. The summed E-state index contributed by atoms with van der Waals surface area (Å²) >= 11 is 18.1. The lowest BCUT2D eigenvalue weighted by molar-refractivity contribution is -0.139. The molecule has 1 atom stereocenters. The molecule has 0 aliphatic rings. The predicted molar refractivity (Wildman–Crippen MR) is 124 cm³/mol. The Bertz CT molecular complexity index is 1080. The Balaban J connectivity index is 2.42. The maximum absolute atomic E-state index is 13.2. The van der Waals surface area contributed by atoms with Crippen LogP contribution in [0.3, 0.4) is 0 Å². The van der Waals surface area contributed by atoms with Crippen LogP contribution in [0.1, 0.15) is 12.5 Å². The molecular weight excluding hydrogens is 485 g/mol. The van der Waals surface area contributed by atoms with Crippen LogP contribution in [-0.4, -0.2) is 51.0 Å². The molecule has 31 heavy (non-hydrogen) atoms. The number of nitrogens with one attached hydrogen (secondary N) is 1. The van der Waals surface area contributed by atoms with Gasteiger partial charge in [-0.25, -0.2) is 8.42 Å². The summed E-state index contributed by atoms with van der Waals surface area (Å²) in [7, 11) is -2.42. The summed E-state index contributed by atoms with van der Waals surface area (Å²) in [5, 5.41) is 3.38. The van der Waals surface area contributed by atoms with Crippen molar-refractivity contribution in [2.45, 2.75) is 19.5 Å². The first-order valence-corrected chi connectivity index (χ1v) is 12.1. The summed E-state index contributed by atoms with van der Waals surface area (Å²) < 4.78 is 25.8. The number of anilines is 1. The number of amides is 2. The molecule has 2 aromatic carbocycles. The van der Waals surface area contributed by atoms with Crippen LogP contribution < -0.4 is 9.62 Å². The fourth-order valence-corrected chi connectivity index (χ4v) is 4.54. The number of carbonyl (C=O) groups is 2. The summed E-state index contributed by atoms with van der Waals surface area (Å²) in [6.07, 6.45) is 0.967. The van der Waals surface area contributed by atoms with Crippen molar-refractivity contribution in [2.75, 3.05) is 24.2 Å². The fourth-order valence-electron chi connectivity index (χ4n) is 2.90. The molecule has 2 aromatic rings. The Morgan fingerprint density at radius 2 is 1.71 bits per heavy atom. The smallest absolute Gasteiger partial charge is 0.244 e. The minimum atomic E-state index is -3.88. The molecule has 0 unspecified atom stereocenters. The van der Waals surface area contributed by atoms with Crippen LogP contribution in [-0.2, 0) is 26.2 Å². The maximum atomic E-state index is 13.2. The average molecular weight is 507 g/mol. The van der Waals surface area contributed by atoms with Crippen molar-refractivity contribution < 1.29 is 18.0 Å². The largest absolute Gasteiger partial charge is 0.357 e. The Morgan fingerprint density at radius 3 is 2.26 bits per heavy atom. The molecule has 11 heteroatoms. The van der Waals surface area contributed by atoms with Crippen molar-refractivity contribution in [3.05, 3.63) is 63.1 Å². The van der Waals surface area contributed by atoms with E-state index in [2.05, 4.69) is 5.32 Å². The minimum absolute atomic E-state index is 0.0555. The molecule has 0 saturated carbocycles. The highest BCUT2D eigenvalue weighted by atomic mass is 35.5. The monoisotopic (exact) mass is 505 g/mol. The van der Waals surface area contributed by atoms with Gasteiger partial charge in [-0.3, -0.25) is 13.9 Å². The lowest BCUT2D eigenvalue weighted by Gasteiger charge is -2.31. The van der Waals surface area contributed by atoms with E-state index in [1.54, 1.807) is 31.2 Å². The van der Waals surface area contributed by atoms with E-state index in [9.17, 15) is 18.0 Å². The molecule has 0 bridgehead atoms. The zero-order valence-electron chi connectivity index (χ0n) is 17.1. The lowest BCUT2D eigenvalue weighted by atomic mass is 10.1. The molecule has 1 N–H and O–H groups in total. The molecule has 0 spiro atoms. The Morgan fingerprint density at radius 1 is 1.06 bits per heavy atom. The van der Waals surface area contributed by atoms with Crippen molar-refractivity contribution in [3.8, 4) is 0 Å². The third kappa shape index (κ3) is 6.74. The normalized spacial score (nSPS) is 12.2. The summed E-state index contributed by atoms with van der Waals surface area (Å²) in [6.45, 7) is 1.06. The van der Waals surface area contributed by atoms with Gasteiger partial charge in [0.15, 0.2) is 0 Å². The van der Waals surface area contributed by atoms with E-state index >= 15 is 0 Å². The van der Waals surface area contributed by atoms with E-state index in [1.165, 1.54) is 30.1 Å². The van der Waals surface area contributed by atoms with E-state index < -0.39 is 34.4 Å². The van der Waals surface area contributed by atoms with Gasteiger partial charge in [0.2, 0.25) is 21.8 Å². The Labute approximate surface area is 196 Å². The topological polar surface area (TPSA) is 86.8 Å². The van der Waals surface area contributed by atoms with Crippen molar-refractivity contribution in [1.29, 1.82) is 0 Å². The molecule has 0 aromatic heterocycles. The number of benzene rings is 2. The second-order valence-electron chi connectivity index (χ2n) is 6.81. The van der Waals surface area contributed by atoms with Crippen LogP contribution in [0.15, 0.2) is 42.5 Å². The van der Waals surface area contributed by atoms with Gasteiger partial charge in [-0.05, 0) is 42.8 Å². The zero-order valence-corrected chi connectivity index (χ0v) is 20.2. The third-order valence-electron chi connectivity index (χ3n) is 4.51. The van der Waals surface area contributed by atoms with Crippen LogP contribution in [0.25, 0.3) is 0 Å². The highest BCUT2D eigenvalue weighted by Gasteiger charge is 2.30. The first-order valence-electron chi connectivity index (χ1n) is 9.12. The van der Waals surface area contributed by atoms with E-state index in [0.29, 0.717) is 15.6 Å². The van der Waals surface area contributed by atoms with Gasteiger partial charge < -0.3 is 10.2 Å². The Hall–Kier alpha value is -2.00. The Kier molecular flexibility index (Phi) is 8.59. The average Bonchev–Trinajstić information content (AvgIpc) is 2.68. The van der Waals surface area contributed by atoms with Gasteiger partial charge in [0.05, 0.1) is 17.0 Å². The van der Waals surface area contributed by atoms with Crippen LogP contribution in [0.2, 0.25) is 15.1 Å². The number of halogens is 3. The summed E-state index contributed by atoms with van der Waals surface area (Å²) in [4.78, 5) is 26.8. The highest BCUT2D eigenvalue weighted by Crippen LogP contribution is 2.30. The van der Waals surface area contributed by atoms with Gasteiger partial charge in [0.1, 0.15) is 12.6 Å². The van der Waals surface area contributed by atoms with Gasteiger partial charge in [-0.2, -0.15) is 0 Å². The highest BCUT2D eigenvalue weighted by molar-refractivity contribution is 7.92. The molecule has 2 amide bonds. The van der Waals surface area contributed by atoms with E-state index in [-0.39, 0.29) is 17.3 Å². The molecule has 0 heterocycles.